The summed E-state index contributed by atoms with van der Waals surface area (Å²) in [5.41, 5.74) is 1.80. The van der Waals surface area contributed by atoms with E-state index in [0.717, 1.165) is 38.4 Å². The molecule has 182 valence electrons. The van der Waals surface area contributed by atoms with Gasteiger partial charge in [-0.05, 0) is 43.7 Å². The Kier molecular flexibility index (Phi) is 7.94. The van der Waals surface area contributed by atoms with Crippen molar-refractivity contribution in [3.05, 3.63) is 71.4 Å². The number of hydrogen-bond acceptors (Lipinski definition) is 8. The van der Waals surface area contributed by atoms with Gasteiger partial charge in [0.15, 0.2) is 5.76 Å². The Morgan fingerprint density at radius 2 is 1.91 bits per heavy atom. The Balaban J connectivity index is 1.51. The number of sulfonamides is 1. The second-order valence-corrected chi connectivity index (χ2v) is 10.1. The van der Waals surface area contributed by atoms with Crippen molar-refractivity contribution >= 4 is 10.0 Å². The molecule has 3 aromatic rings. The zero-order chi connectivity index (χ0) is 24.0. The van der Waals surface area contributed by atoms with Gasteiger partial charge in [0.05, 0.1) is 25.5 Å². The lowest BCUT2D eigenvalue weighted by Crippen LogP contribution is -2.38. The first-order valence-corrected chi connectivity index (χ1v) is 12.7. The summed E-state index contributed by atoms with van der Waals surface area (Å²) < 4.78 is 45.1. The lowest BCUT2D eigenvalue weighted by atomic mass is 10.2. The van der Waals surface area contributed by atoms with Gasteiger partial charge in [-0.25, -0.2) is 8.42 Å². The minimum atomic E-state index is -3.88. The van der Waals surface area contributed by atoms with E-state index in [1.165, 1.54) is 4.31 Å². The van der Waals surface area contributed by atoms with Gasteiger partial charge in [-0.15, -0.1) is 0 Å². The number of hydrogen-bond donors (Lipinski definition) is 0. The van der Waals surface area contributed by atoms with Crippen LogP contribution in [0.1, 0.15) is 22.7 Å². The first-order valence-electron chi connectivity index (χ1n) is 11.3. The van der Waals surface area contributed by atoms with Gasteiger partial charge in [0, 0.05) is 32.4 Å². The summed E-state index contributed by atoms with van der Waals surface area (Å²) in [6.07, 6.45) is 1.65. The fourth-order valence-corrected chi connectivity index (χ4v) is 5.62. The summed E-state index contributed by atoms with van der Waals surface area (Å²) in [5.74, 6) is 0.974. The quantitative estimate of drug-likeness (QED) is 0.432. The third-order valence-corrected chi connectivity index (χ3v) is 7.70. The number of ether oxygens (including phenoxy) is 2. The molecule has 0 saturated carbocycles. The summed E-state index contributed by atoms with van der Waals surface area (Å²) in [4.78, 5) is 6.72. The van der Waals surface area contributed by atoms with Crippen LogP contribution in [-0.2, 0) is 27.8 Å². The van der Waals surface area contributed by atoms with Gasteiger partial charge in [-0.3, -0.25) is 9.88 Å². The standard InChI is InChI=1S/C24H30N4O5S/c1-19-24(20(2)33-26-19)34(29,30)28(18-22-7-3-4-9-25-22)17-21-6-5-8-23(16-21)32-15-12-27-10-13-31-14-11-27/h3-9,16H,10-15,17-18H2,1-2H3. The number of nitrogens with zero attached hydrogens (tertiary/aromatic N) is 4. The maximum Gasteiger partial charge on any atom is 0.249 e. The summed E-state index contributed by atoms with van der Waals surface area (Å²) in [6, 6.07) is 13.0. The Bertz CT molecular complexity index is 1160. The predicted molar refractivity (Wildman–Crippen MR) is 126 cm³/mol. The molecule has 0 radical (unpaired) electrons. The molecule has 0 aliphatic carbocycles. The highest BCUT2D eigenvalue weighted by Crippen LogP contribution is 2.27. The van der Waals surface area contributed by atoms with Gasteiger partial charge in [0.25, 0.3) is 0 Å². The highest BCUT2D eigenvalue weighted by atomic mass is 32.2. The fourth-order valence-electron chi connectivity index (χ4n) is 3.92. The lowest BCUT2D eigenvalue weighted by molar-refractivity contribution is 0.0322. The van der Waals surface area contributed by atoms with Crippen LogP contribution >= 0.6 is 0 Å². The van der Waals surface area contributed by atoms with E-state index in [1.807, 2.05) is 30.3 Å². The Hall–Kier alpha value is -2.79. The maximum absolute atomic E-state index is 13.6. The second-order valence-electron chi connectivity index (χ2n) is 8.20. The number of aromatic nitrogens is 2. The fraction of sp³-hybridized carbons (Fsp3) is 0.417. The van der Waals surface area contributed by atoms with E-state index < -0.39 is 10.0 Å². The van der Waals surface area contributed by atoms with Crippen molar-refractivity contribution in [2.45, 2.75) is 31.8 Å². The SMILES string of the molecule is Cc1noc(C)c1S(=O)(=O)N(Cc1cccc(OCCN2CCOCC2)c1)Cc1ccccn1. The molecule has 0 spiro atoms. The number of morpholine rings is 1. The highest BCUT2D eigenvalue weighted by molar-refractivity contribution is 7.89. The molecule has 10 heteroatoms. The zero-order valence-corrected chi connectivity index (χ0v) is 20.3. The molecule has 2 aromatic heterocycles. The van der Waals surface area contributed by atoms with E-state index in [4.69, 9.17) is 14.0 Å². The molecule has 1 saturated heterocycles. The summed E-state index contributed by atoms with van der Waals surface area (Å²) in [5, 5.41) is 3.84. The topological polar surface area (TPSA) is 98.0 Å². The molecule has 0 unspecified atom stereocenters. The molecule has 1 aliphatic rings. The number of pyridine rings is 1. The van der Waals surface area contributed by atoms with Crippen LogP contribution < -0.4 is 4.74 Å². The normalized spacial score (nSPS) is 15.0. The zero-order valence-electron chi connectivity index (χ0n) is 19.5. The van der Waals surface area contributed by atoms with Gasteiger partial charge in [0.2, 0.25) is 10.0 Å². The summed E-state index contributed by atoms with van der Waals surface area (Å²) >= 11 is 0. The van der Waals surface area contributed by atoms with Crippen LogP contribution in [0.5, 0.6) is 5.75 Å². The number of benzene rings is 1. The molecule has 1 aromatic carbocycles. The molecular formula is C24H30N4O5S. The first-order chi connectivity index (χ1) is 16.4. The third-order valence-electron chi connectivity index (χ3n) is 5.67. The van der Waals surface area contributed by atoms with Crippen LogP contribution in [0.3, 0.4) is 0 Å². The molecule has 1 fully saturated rings. The molecule has 0 N–H and O–H groups in total. The van der Waals surface area contributed by atoms with E-state index in [2.05, 4.69) is 15.0 Å². The van der Waals surface area contributed by atoms with Crippen molar-refractivity contribution in [1.82, 2.24) is 19.3 Å². The van der Waals surface area contributed by atoms with Crippen molar-refractivity contribution in [3.8, 4) is 5.75 Å². The van der Waals surface area contributed by atoms with Crippen LogP contribution in [0, 0.1) is 13.8 Å². The molecule has 4 rings (SSSR count). The van der Waals surface area contributed by atoms with Crippen LogP contribution in [-0.4, -0.2) is 67.2 Å². The predicted octanol–water partition coefficient (Wildman–Crippen LogP) is 2.79. The number of aryl methyl sites for hydroxylation is 2. The third kappa shape index (κ3) is 6.01. The van der Waals surface area contributed by atoms with Gasteiger partial charge in [0.1, 0.15) is 22.9 Å². The average molecular weight is 487 g/mol. The highest BCUT2D eigenvalue weighted by Gasteiger charge is 2.31. The van der Waals surface area contributed by atoms with Crippen molar-refractivity contribution in [1.29, 1.82) is 0 Å². The minimum Gasteiger partial charge on any atom is -0.492 e. The molecule has 34 heavy (non-hydrogen) atoms. The molecular weight excluding hydrogens is 456 g/mol. The monoisotopic (exact) mass is 486 g/mol. The molecule has 1 aliphatic heterocycles. The molecule has 0 atom stereocenters. The van der Waals surface area contributed by atoms with Gasteiger partial charge >= 0.3 is 0 Å². The van der Waals surface area contributed by atoms with Gasteiger partial charge in [-0.1, -0.05) is 23.4 Å². The summed E-state index contributed by atoms with van der Waals surface area (Å²) in [7, 11) is -3.88. The van der Waals surface area contributed by atoms with Crippen molar-refractivity contribution in [2.24, 2.45) is 0 Å². The van der Waals surface area contributed by atoms with E-state index in [9.17, 15) is 8.42 Å². The first kappa shape index (κ1) is 24.3. The van der Waals surface area contributed by atoms with E-state index in [1.54, 1.807) is 32.2 Å². The Labute approximate surface area is 200 Å². The Morgan fingerprint density at radius 1 is 1.09 bits per heavy atom. The van der Waals surface area contributed by atoms with Crippen molar-refractivity contribution in [2.75, 3.05) is 39.5 Å². The van der Waals surface area contributed by atoms with E-state index >= 15 is 0 Å². The molecule has 3 heterocycles. The molecule has 9 nitrogen and oxygen atoms in total. The van der Waals surface area contributed by atoms with Crippen molar-refractivity contribution in [3.63, 3.8) is 0 Å². The van der Waals surface area contributed by atoms with Gasteiger partial charge < -0.3 is 14.0 Å². The van der Waals surface area contributed by atoms with Crippen LogP contribution in [0.15, 0.2) is 58.1 Å². The number of rotatable bonds is 10. The maximum atomic E-state index is 13.6. The van der Waals surface area contributed by atoms with E-state index in [0.29, 0.717) is 23.7 Å². The van der Waals surface area contributed by atoms with Gasteiger partial charge in [-0.2, -0.15) is 4.31 Å². The molecule has 0 amide bonds. The van der Waals surface area contributed by atoms with Crippen LogP contribution in [0.4, 0.5) is 0 Å². The van der Waals surface area contributed by atoms with Crippen LogP contribution in [0.2, 0.25) is 0 Å². The second kappa shape index (κ2) is 11.1. The smallest absolute Gasteiger partial charge is 0.249 e. The minimum absolute atomic E-state index is 0.0985. The average Bonchev–Trinajstić information content (AvgIpc) is 3.19. The largest absolute Gasteiger partial charge is 0.492 e. The van der Waals surface area contributed by atoms with E-state index in [-0.39, 0.29) is 23.7 Å². The summed E-state index contributed by atoms with van der Waals surface area (Å²) in [6.45, 7) is 8.20. The van der Waals surface area contributed by atoms with Crippen LogP contribution in [0.25, 0.3) is 0 Å². The molecule has 0 bridgehead atoms. The Morgan fingerprint density at radius 3 is 2.62 bits per heavy atom. The lowest BCUT2D eigenvalue weighted by Gasteiger charge is -2.26. The van der Waals surface area contributed by atoms with Crippen molar-refractivity contribution < 1.29 is 22.4 Å².